The highest BCUT2D eigenvalue weighted by Gasteiger charge is 2.41. The summed E-state index contributed by atoms with van der Waals surface area (Å²) >= 11 is 1.12. The molecule has 4 aromatic rings. The molecular formula is C22H16F3N5O3S. The number of nitrogens with one attached hydrogen (secondary N) is 1. The number of benzene rings is 2. The van der Waals surface area contributed by atoms with Gasteiger partial charge >= 0.3 is 12.2 Å². The van der Waals surface area contributed by atoms with E-state index in [4.69, 9.17) is 4.42 Å². The molecule has 3 heterocycles. The normalized spacial score (nSPS) is 16.1. The number of anilines is 1. The van der Waals surface area contributed by atoms with Crippen molar-refractivity contribution in [1.29, 1.82) is 0 Å². The smallest absolute Gasteiger partial charge is 0.400 e. The van der Waals surface area contributed by atoms with Gasteiger partial charge in [0.25, 0.3) is 11.7 Å². The maximum absolute atomic E-state index is 13.1. The van der Waals surface area contributed by atoms with Crippen molar-refractivity contribution in [1.82, 2.24) is 20.5 Å². The van der Waals surface area contributed by atoms with Crippen LogP contribution in [0, 0.1) is 0 Å². The fourth-order valence-electron chi connectivity index (χ4n) is 3.73. The average Bonchev–Trinajstić information content (AvgIpc) is 3.56. The maximum Gasteiger partial charge on any atom is 0.406 e. The van der Waals surface area contributed by atoms with Gasteiger partial charge in [-0.15, -0.1) is 16.4 Å². The van der Waals surface area contributed by atoms with Crippen LogP contribution in [0.3, 0.4) is 0 Å². The van der Waals surface area contributed by atoms with Gasteiger partial charge in [0.05, 0.1) is 10.2 Å². The Morgan fingerprint density at radius 2 is 1.94 bits per heavy atom. The molecule has 1 N–H and O–H groups in total. The largest absolute Gasteiger partial charge is 0.406 e. The third kappa shape index (κ3) is 4.36. The number of ketones is 1. The predicted octanol–water partition coefficient (Wildman–Crippen LogP) is 3.83. The molecule has 1 aliphatic heterocycles. The fraction of sp³-hybridized carbons (Fsp3) is 0.227. The summed E-state index contributed by atoms with van der Waals surface area (Å²) in [6.45, 7) is -1.24. The zero-order valence-corrected chi connectivity index (χ0v) is 18.2. The first-order valence-electron chi connectivity index (χ1n) is 10.2. The second-order valence-electron chi connectivity index (χ2n) is 7.63. The Morgan fingerprint density at radius 1 is 1.15 bits per heavy atom. The Balaban J connectivity index is 1.43. The molecule has 8 nitrogen and oxygen atoms in total. The van der Waals surface area contributed by atoms with Crippen molar-refractivity contribution in [2.24, 2.45) is 0 Å². The standard InChI is InChI=1S/C22H16F3N5O3S/c23-22(24,25)11-30(15-8-9-26-18(15)32)21-29-28-19(33-21)17(31)20-27-14-7-6-13(10-16(14)34-20)12-4-2-1-3-5-12/h1-7,10,15H,8-9,11H2,(H,26,32)/t15-/m0/s1. The van der Waals surface area contributed by atoms with Crippen LogP contribution >= 0.6 is 11.3 Å². The minimum absolute atomic E-state index is 0.0661. The van der Waals surface area contributed by atoms with Gasteiger partial charge in [0.1, 0.15) is 12.6 Å². The van der Waals surface area contributed by atoms with E-state index in [1.807, 2.05) is 42.5 Å². The first-order valence-corrected chi connectivity index (χ1v) is 11.1. The molecular weight excluding hydrogens is 471 g/mol. The second kappa shape index (κ2) is 8.52. The van der Waals surface area contributed by atoms with Gasteiger partial charge in [0.2, 0.25) is 5.91 Å². The molecule has 1 aliphatic rings. The van der Waals surface area contributed by atoms with Crippen LogP contribution in [-0.2, 0) is 4.79 Å². The highest BCUT2D eigenvalue weighted by atomic mass is 32.1. The summed E-state index contributed by atoms with van der Waals surface area (Å²) in [7, 11) is 0. The van der Waals surface area contributed by atoms with E-state index in [0.29, 0.717) is 10.4 Å². The summed E-state index contributed by atoms with van der Waals surface area (Å²) in [6.07, 6.45) is -4.48. The van der Waals surface area contributed by atoms with Crippen molar-refractivity contribution in [3.05, 3.63) is 59.4 Å². The van der Waals surface area contributed by atoms with E-state index in [2.05, 4.69) is 20.5 Å². The molecule has 0 saturated carbocycles. The zero-order valence-electron chi connectivity index (χ0n) is 17.4. The molecule has 174 valence electrons. The molecule has 2 aromatic heterocycles. The van der Waals surface area contributed by atoms with Crippen LogP contribution in [-0.4, -0.2) is 52.2 Å². The Hall–Kier alpha value is -3.80. The van der Waals surface area contributed by atoms with E-state index >= 15 is 0 Å². The number of carbonyl (C=O) groups is 2. The maximum atomic E-state index is 13.1. The van der Waals surface area contributed by atoms with Gasteiger partial charge in [0, 0.05) is 6.54 Å². The van der Waals surface area contributed by atoms with E-state index in [9.17, 15) is 22.8 Å². The van der Waals surface area contributed by atoms with E-state index in [1.165, 1.54) is 0 Å². The van der Waals surface area contributed by atoms with Gasteiger partial charge < -0.3 is 14.6 Å². The zero-order chi connectivity index (χ0) is 23.9. The number of hydrogen-bond donors (Lipinski definition) is 1. The van der Waals surface area contributed by atoms with Gasteiger partial charge in [-0.25, -0.2) is 4.98 Å². The minimum atomic E-state index is -4.62. The summed E-state index contributed by atoms with van der Waals surface area (Å²) in [5.41, 5.74) is 2.55. The van der Waals surface area contributed by atoms with Crippen molar-refractivity contribution in [2.45, 2.75) is 18.6 Å². The fourth-order valence-corrected chi connectivity index (χ4v) is 4.67. The quantitative estimate of drug-likeness (QED) is 0.413. The number of amides is 1. The third-order valence-corrected chi connectivity index (χ3v) is 6.31. The molecule has 0 unspecified atom stereocenters. The lowest BCUT2D eigenvalue weighted by Gasteiger charge is -2.25. The monoisotopic (exact) mass is 487 g/mol. The van der Waals surface area contributed by atoms with Crippen LogP contribution in [0.25, 0.3) is 21.3 Å². The molecule has 0 spiro atoms. The third-order valence-electron chi connectivity index (χ3n) is 5.29. The number of thiazole rings is 1. The highest BCUT2D eigenvalue weighted by Crippen LogP contribution is 2.30. The molecule has 5 rings (SSSR count). The predicted molar refractivity (Wildman–Crippen MR) is 118 cm³/mol. The van der Waals surface area contributed by atoms with E-state index in [1.54, 1.807) is 6.07 Å². The van der Waals surface area contributed by atoms with Crippen LogP contribution in [0.1, 0.15) is 22.1 Å². The lowest BCUT2D eigenvalue weighted by atomic mass is 10.1. The Morgan fingerprint density at radius 3 is 2.65 bits per heavy atom. The van der Waals surface area contributed by atoms with Crippen molar-refractivity contribution in [3.63, 3.8) is 0 Å². The summed E-state index contributed by atoms with van der Waals surface area (Å²) in [5.74, 6) is -1.78. The molecule has 12 heteroatoms. The van der Waals surface area contributed by atoms with Crippen LogP contribution < -0.4 is 10.2 Å². The van der Waals surface area contributed by atoms with Crippen molar-refractivity contribution in [2.75, 3.05) is 18.0 Å². The van der Waals surface area contributed by atoms with Crippen LogP contribution in [0.4, 0.5) is 19.2 Å². The van der Waals surface area contributed by atoms with Gasteiger partial charge in [-0.3, -0.25) is 9.59 Å². The van der Waals surface area contributed by atoms with Gasteiger partial charge in [-0.05, 0) is 29.7 Å². The van der Waals surface area contributed by atoms with Crippen LogP contribution in [0.2, 0.25) is 0 Å². The first-order chi connectivity index (χ1) is 16.3. The average molecular weight is 487 g/mol. The number of hydrogen-bond acceptors (Lipinski definition) is 8. The topological polar surface area (TPSA) is 101 Å². The Kier molecular flexibility index (Phi) is 5.52. The van der Waals surface area contributed by atoms with Gasteiger partial charge in [-0.2, -0.15) is 13.2 Å². The second-order valence-corrected chi connectivity index (χ2v) is 8.66. The lowest BCUT2D eigenvalue weighted by molar-refractivity contribution is -0.126. The van der Waals surface area contributed by atoms with Crippen LogP contribution in [0.5, 0.6) is 0 Å². The van der Waals surface area contributed by atoms with Gasteiger partial charge in [0.15, 0.2) is 5.01 Å². The van der Waals surface area contributed by atoms with Gasteiger partial charge in [-0.1, -0.05) is 41.5 Å². The highest BCUT2D eigenvalue weighted by molar-refractivity contribution is 7.20. The summed E-state index contributed by atoms with van der Waals surface area (Å²) in [6, 6.07) is 13.6. The molecule has 1 amide bonds. The number of alkyl halides is 3. The molecule has 1 atom stereocenters. The van der Waals surface area contributed by atoms with E-state index in [0.717, 1.165) is 27.2 Å². The Bertz CT molecular complexity index is 1370. The van der Waals surface area contributed by atoms with E-state index < -0.39 is 42.4 Å². The van der Waals surface area contributed by atoms with Crippen molar-refractivity contribution in [3.8, 4) is 11.1 Å². The number of carbonyl (C=O) groups excluding carboxylic acids is 2. The Labute approximate surface area is 194 Å². The molecule has 34 heavy (non-hydrogen) atoms. The first kappa shape index (κ1) is 22.0. The molecule has 1 fully saturated rings. The van der Waals surface area contributed by atoms with E-state index in [-0.39, 0.29) is 18.0 Å². The molecule has 0 aliphatic carbocycles. The summed E-state index contributed by atoms with van der Waals surface area (Å²) in [4.78, 5) is 29.9. The number of rotatable bonds is 6. The summed E-state index contributed by atoms with van der Waals surface area (Å²) < 4.78 is 45.5. The number of halogens is 3. The van der Waals surface area contributed by atoms with Crippen molar-refractivity contribution < 1.29 is 27.2 Å². The number of fused-ring (bicyclic) bond motifs is 1. The minimum Gasteiger partial charge on any atom is -0.400 e. The summed E-state index contributed by atoms with van der Waals surface area (Å²) in [5, 5.41) is 9.80. The molecule has 1 saturated heterocycles. The van der Waals surface area contributed by atoms with Crippen LogP contribution in [0.15, 0.2) is 52.9 Å². The molecule has 2 aromatic carbocycles. The molecule has 0 radical (unpaired) electrons. The van der Waals surface area contributed by atoms with Crippen molar-refractivity contribution >= 4 is 39.3 Å². The lowest BCUT2D eigenvalue weighted by Crippen LogP contribution is -2.46. The SMILES string of the molecule is O=C(c1nnc(N(CC(F)(F)F)[C@H]2CCNC2=O)o1)c1nc2ccc(-c3ccccc3)cc2s1. The number of nitrogens with zero attached hydrogens (tertiary/aromatic N) is 4. The number of aromatic nitrogens is 3. The molecule has 0 bridgehead atoms.